The lowest BCUT2D eigenvalue weighted by Crippen LogP contribution is -2.25. The molecular formula is C16H17N3O2S. The maximum absolute atomic E-state index is 11.7. The molecule has 22 heavy (non-hydrogen) atoms. The minimum absolute atomic E-state index is 0.0960. The molecule has 0 saturated heterocycles. The lowest BCUT2D eigenvalue weighted by molar-refractivity contribution is -0.118. The van der Waals surface area contributed by atoms with Gasteiger partial charge in [-0.05, 0) is 23.8 Å². The van der Waals surface area contributed by atoms with E-state index in [2.05, 4.69) is 15.6 Å². The molecule has 1 aromatic carbocycles. The maximum Gasteiger partial charge on any atom is 0.234 e. The van der Waals surface area contributed by atoms with Crippen molar-refractivity contribution in [3.63, 3.8) is 0 Å². The summed E-state index contributed by atoms with van der Waals surface area (Å²) in [6.45, 7) is 0.448. The third kappa shape index (κ3) is 5.97. The standard InChI is InChI=1S/C16H17N3O2S/c20-15(18-10-13-5-4-8-17-9-13)11-22-12-16(21)19-14-6-2-1-3-7-14/h1-9H,10-12H2,(H,18,20)(H,19,21). The molecule has 0 aliphatic carbocycles. The Hall–Kier alpha value is -2.34. The van der Waals surface area contributed by atoms with Gasteiger partial charge in [-0.25, -0.2) is 0 Å². The molecule has 0 aliphatic rings. The zero-order chi connectivity index (χ0) is 15.6. The van der Waals surface area contributed by atoms with Crippen LogP contribution in [0.25, 0.3) is 0 Å². The van der Waals surface area contributed by atoms with Crippen molar-refractivity contribution in [1.82, 2.24) is 10.3 Å². The molecule has 1 aromatic heterocycles. The normalized spacial score (nSPS) is 10.0. The first-order valence-corrected chi connectivity index (χ1v) is 7.98. The number of hydrogen-bond donors (Lipinski definition) is 2. The molecule has 1 heterocycles. The number of nitrogens with one attached hydrogen (secondary N) is 2. The highest BCUT2D eigenvalue weighted by Crippen LogP contribution is 2.07. The van der Waals surface area contributed by atoms with Crippen LogP contribution in [-0.4, -0.2) is 28.3 Å². The molecule has 2 rings (SSSR count). The molecule has 2 aromatic rings. The molecule has 0 radical (unpaired) electrons. The summed E-state index contributed by atoms with van der Waals surface area (Å²) >= 11 is 1.28. The maximum atomic E-state index is 11.7. The summed E-state index contributed by atoms with van der Waals surface area (Å²) in [4.78, 5) is 27.4. The molecule has 0 aliphatic heterocycles. The van der Waals surface area contributed by atoms with Gasteiger partial charge >= 0.3 is 0 Å². The third-order valence-electron chi connectivity index (χ3n) is 2.74. The van der Waals surface area contributed by atoms with Gasteiger partial charge in [0.2, 0.25) is 11.8 Å². The zero-order valence-corrected chi connectivity index (χ0v) is 12.8. The van der Waals surface area contributed by atoms with Crippen molar-refractivity contribution in [3.8, 4) is 0 Å². The van der Waals surface area contributed by atoms with Gasteiger partial charge in [0.1, 0.15) is 0 Å². The fourth-order valence-corrected chi connectivity index (χ4v) is 2.36. The lowest BCUT2D eigenvalue weighted by atomic mass is 10.3. The topological polar surface area (TPSA) is 71.1 Å². The van der Waals surface area contributed by atoms with Crippen LogP contribution in [0.4, 0.5) is 5.69 Å². The number of amides is 2. The summed E-state index contributed by atoms with van der Waals surface area (Å²) in [5.41, 5.74) is 1.71. The third-order valence-corrected chi connectivity index (χ3v) is 3.67. The summed E-state index contributed by atoms with van der Waals surface area (Å²) in [7, 11) is 0. The van der Waals surface area contributed by atoms with Gasteiger partial charge < -0.3 is 10.6 Å². The van der Waals surface area contributed by atoms with Crippen LogP contribution in [0.1, 0.15) is 5.56 Å². The molecule has 2 amide bonds. The number of para-hydroxylation sites is 1. The van der Waals surface area contributed by atoms with E-state index in [0.29, 0.717) is 6.54 Å². The van der Waals surface area contributed by atoms with Crippen molar-refractivity contribution in [2.45, 2.75) is 6.54 Å². The van der Waals surface area contributed by atoms with Crippen LogP contribution in [0, 0.1) is 0 Å². The van der Waals surface area contributed by atoms with Crippen LogP contribution < -0.4 is 10.6 Å². The summed E-state index contributed by atoms with van der Waals surface area (Å²) in [6.07, 6.45) is 3.40. The number of hydrogen-bond acceptors (Lipinski definition) is 4. The molecule has 0 unspecified atom stereocenters. The summed E-state index contributed by atoms with van der Waals surface area (Å²) < 4.78 is 0. The van der Waals surface area contributed by atoms with Crippen LogP contribution >= 0.6 is 11.8 Å². The van der Waals surface area contributed by atoms with Crippen LogP contribution in [0.5, 0.6) is 0 Å². The quantitative estimate of drug-likeness (QED) is 0.820. The number of carbonyl (C=O) groups is 2. The van der Waals surface area contributed by atoms with Gasteiger partial charge in [0.25, 0.3) is 0 Å². The van der Waals surface area contributed by atoms with E-state index in [1.807, 2.05) is 42.5 Å². The van der Waals surface area contributed by atoms with Crippen molar-refractivity contribution < 1.29 is 9.59 Å². The Morgan fingerprint density at radius 1 is 1.00 bits per heavy atom. The molecule has 0 fully saturated rings. The minimum atomic E-state index is -0.115. The number of nitrogens with zero attached hydrogens (tertiary/aromatic N) is 1. The molecule has 6 heteroatoms. The number of carbonyl (C=O) groups excluding carboxylic acids is 2. The Kier molecular flexibility index (Phi) is 6.44. The van der Waals surface area contributed by atoms with E-state index in [0.717, 1.165) is 11.3 Å². The van der Waals surface area contributed by atoms with E-state index in [4.69, 9.17) is 0 Å². The Balaban J connectivity index is 1.61. The average molecular weight is 315 g/mol. The highest BCUT2D eigenvalue weighted by molar-refractivity contribution is 8.00. The second kappa shape index (κ2) is 8.84. The van der Waals surface area contributed by atoms with E-state index < -0.39 is 0 Å². The van der Waals surface area contributed by atoms with E-state index in [1.165, 1.54) is 11.8 Å². The van der Waals surface area contributed by atoms with Gasteiger partial charge in [-0.2, -0.15) is 0 Å². The zero-order valence-electron chi connectivity index (χ0n) is 12.0. The predicted octanol–water partition coefficient (Wildman–Crippen LogP) is 2.07. The van der Waals surface area contributed by atoms with Gasteiger partial charge in [-0.3, -0.25) is 14.6 Å². The predicted molar refractivity (Wildman–Crippen MR) is 88.5 cm³/mol. The molecule has 0 saturated carbocycles. The van der Waals surface area contributed by atoms with Crippen molar-refractivity contribution in [2.75, 3.05) is 16.8 Å². The highest BCUT2D eigenvalue weighted by Gasteiger charge is 2.06. The average Bonchev–Trinajstić information content (AvgIpc) is 2.55. The largest absolute Gasteiger partial charge is 0.351 e. The number of benzene rings is 1. The number of anilines is 1. The second-order valence-electron chi connectivity index (χ2n) is 4.55. The minimum Gasteiger partial charge on any atom is -0.351 e. The molecule has 0 spiro atoms. The van der Waals surface area contributed by atoms with E-state index in [9.17, 15) is 9.59 Å². The van der Waals surface area contributed by atoms with Gasteiger partial charge in [0.15, 0.2) is 0 Å². The Labute approximate surface area is 133 Å². The Morgan fingerprint density at radius 3 is 2.50 bits per heavy atom. The first-order valence-electron chi connectivity index (χ1n) is 6.82. The Bertz CT molecular complexity index is 605. The van der Waals surface area contributed by atoms with Crippen molar-refractivity contribution in [3.05, 3.63) is 60.4 Å². The first kappa shape index (κ1) is 16.0. The van der Waals surface area contributed by atoms with E-state index >= 15 is 0 Å². The number of pyridine rings is 1. The van der Waals surface area contributed by atoms with Gasteiger partial charge in [0, 0.05) is 24.6 Å². The first-order chi connectivity index (χ1) is 10.7. The van der Waals surface area contributed by atoms with Crippen LogP contribution in [0.3, 0.4) is 0 Å². The number of rotatable bonds is 7. The summed E-state index contributed by atoms with van der Waals surface area (Å²) in [5.74, 6) is 0.287. The van der Waals surface area contributed by atoms with Crippen molar-refractivity contribution in [1.29, 1.82) is 0 Å². The SMILES string of the molecule is O=C(CSCC(=O)Nc1ccccc1)NCc1cccnc1. The molecule has 0 bridgehead atoms. The van der Waals surface area contributed by atoms with Crippen LogP contribution in [0.2, 0.25) is 0 Å². The second-order valence-corrected chi connectivity index (χ2v) is 5.53. The van der Waals surface area contributed by atoms with Crippen molar-refractivity contribution >= 4 is 29.3 Å². The number of thioether (sulfide) groups is 1. The van der Waals surface area contributed by atoms with Gasteiger partial charge in [-0.1, -0.05) is 24.3 Å². The number of aromatic nitrogens is 1. The highest BCUT2D eigenvalue weighted by atomic mass is 32.2. The molecule has 0 atom stereocenters. The molecule has 5 nitrogen and oxygen atoms in total. The molecular weight excluding hydrogens is 298 g/mol. The van der Waals surface area contributed by atoms with Gasteiger partial charge in [0.05, 0.1) is 11.5 Å². The Morgan fingerprint density at radius 2 is 1.77 bits per heavy atom. The van der Waals surface area contributed by atoms with E-state index in [1.54, 1.807) is 12.4 Å². The lowest BCUT2D eigenvalue weighted by Gasteiger charge is -2.06. The van der Waals surface area contributed by atoms with Crippen molar-refractivity contribution in [2.24, 2.45) is 0 Å². The van der Waals surface area contributed by atoms with Crippen LogP contribution in [0.15, 0.2) is 54.9 Å². The molecule has 2 N–H and O–H groups in total. The fraction of sp³-hybridized carbons (Fsp3) is 0.188. The molecule has 114 valence electrons. The fourth-order valence-electron chi connectivity index (χ4n) is 1.71. The summed E-state index contributed by atoms with van der Waals surface area (Å²) in [5, 5.41) is 5.56. The summed E-state index contributed by atoms with van der Waals surface area (Å²) in [6, 6.07) is 13.0. The monoisotopic (exact) mass is 315 g/mol. The van der Waals surface area contributed by atoms with Crippen LogP contribution in [-0.2, 0) is 16.1 Å². The van der Waals surface area contributed by atoms with Gasteiger partial charge in [-0.15, -0.1) is 11.8 Å². The smallest absolute Gasteiger partial charge is 0.234 e. The van der Waals surface area contributed by atoms with E-state index in [-0.39, 0.29) is 23.3 Å².